The van der Waals surface area contributed by atoms with Crippen molar-refractivity contribution >= 4 is 9.84 Å². The van der Waals surface area contributed by atoms with Gasteiger partial charge in [0, 0.05) is 13.1 Å². The molecule has 72 valence electrons. The third-order valence-corrected chi connectivity index (χ3v) is 4.46. The number of rotatable bonds is 1. The maximum absolute atomic E-state index is 13.4. The van der Waals surface area contributed by atoms with Gasteiger partial charge in [0.1, 0.15) is 10.9 Å². The Balaban J connectivity index is 2.89. The molecule has 0 spiro atoms. The third-order valence-electron chi connectivity index (χ3n) is 2.09. The maximum Gasteiger partial charge on any atom is 0.158 e. The number of halogens is 1. The van der Waals surface area contributed by atoms with Gasteiger partial charge in [0.25, 0.3) is 0 Å². The Morgan fingerprint density at radius 2 is 2.08 bits per heavy atom. The first-order valence-corrected chi connectivity index (χ1v) is 5.67. The third kappa shape index (κ3) is 1.95. The zero-order valence-electron chi connectivity index (χ0n) is 7.30. The summed E-state index contributed by atoms with van der Waals surface area (Å²) in [6.07, 6.45) is 0. The van der Waals surface area contributed by atoms with E-state index in [0.717, 1.165) is 0 Å². The van der Waals surface area contributed by atoms with Gasteiger partial charge < -0.3 is 5.32 Å². The summed E-state index contributed by atoms with van der Waals surface area (Å²) in [7, 11) is -3.22. The van der Waals surface area contributed by atoms with Gasteiger partial charge in [0.05, 0.1) is 5.75 Å². The Morgan fingerprint density at radius 1 is 1.50 bits per heavy atom. The lowest BCUT2D eigenvalue weighted by atomic mass is 10.1. The number of hydrogen-bond acceptors (Lipinski definition) is 3. The van der Waals surface area contributed by atoms with Crippen LogP contribution in [0.1, 0.15) is 13.8 Å². The number of alkyl halides is 1. The lowest BCUT2D eigenvalue weighted by Gasteiger charge is -2.30. The average molecular weight is 195 g/mol. The molecule has 12 heavy (non-hydrogen) atoms. The van der Waals surface area contributed by atoms with Crippen molar-refractivity contribution in [3.05, 3.63) is 0 Å². The van der Waals surface area contributed by atoms with Crippen LogP contribution in [0, 0.1) is 0 Å². The molecule has 0 aromatic carbocycles. The molecule has 1 saturated heterocycles. The molecule has 0 aliphatic carbocycles. The molecule has 1 aliphatic rings. The molecule has 1 unspecified atom stereocenters. The molecule has 0 aromatic heterocycles. The van der Waals surface area contributed by atoms with E-state index >= 15 is 0 Å². The predicted molar refractivity (Wildman–Crippen MR) is 45.6 cm³/mol. The van der Waals surface area contributed by atoms with Gasteiger partial charge in [0.15, 0.2) is 9.84 Å². The van der Waals surface area contributed by atoms with Crippen LogP contribution >= 0.6 is 0 Å². The molecular weight excluding hydrogens is 181 g/mol. The lowest BCUT2D eigenvalue weighted by molar-refractivity contribution is 0.201. The van der Waals surface area contributed by atoms with Crippen LogP contribution in [0.3, 0.4) is 0 Å². The minimum absolute atomic E-state index is 0.0466. The second-order valence-corrected chi connectivity index (χ2v) is 5.93. The van der Waals surface area contributed by atoms with Gasteiger partial charge in [-0.3, -0.25) is 0 Å². The van der Waals surface area contributed by atoms with E-state index < -0.39 is 20.8 Å². The summed E-state index contributed by atoms with van der Waals surface area (Å²) in [5.74, 6) is 0.0466. The van der Waals surface area contributed by atoms with E-state index in [9.17, 15) is 12.8 Å². The molecule has 0 radical (unpaired) electrons. The highest BCUT2D eigenvalue weighted by Gasteiger charge is 2.41. The summed E-state index contributed by atoms with van der Waals surface area (Å²) < 4.78 is 36.0. The minimum Gasteiger partial charge on any atom is -0.314 e. The van der Waals surface area contributed by atoms with Crippen LogP contribution in [-0.4, -0.2) is 38.2 Å². The summed E-state index contributed by atoms with van der Waals surface area (Å²) in [4.78, 5) is 0. The molecule has 0 saturated carbocycles. The highest BCUT2D eigenvalue weighted by Crippen LogP contribution is 2.23. The van der Waals surface area contributed by atoms with E-state index in [1.165, 1.54) is 13.8 Å². The van der Waals surface area contributed by atoms with Crippen molar-refractivity contribution in [2.45, 2.75) is 24.8 Å². The smallest absolute Gasteiger partial charge is 0.158 e. The summed E-state index contributed by atoms with van der Waals surface area (Å²) >= 11 is 0. The Morgan fingerprint density at radius 3 is 2.42 bits per heavy atom. The fourth-order valence-electron chi connectivity index (χ4n) is 1.39. The quantitative estimate of drug-likeness (QED) is 0.646. The second-order valence-electron chi connectivity index (χ2n) is 3.62. The van der Waals surface area contributed by atoms with Gasteiger partial charge in [-0.15, -0.1) is 0 Å². The largest absolute Gasteiger partial charge is 0.314 e. The van der Waals surface area contributed by atoms with Gasteiger partial charge in [-0.1, -0.05) is 0 Å². The number of sulfone groups is 1. The Bertz CT molecular complexity index is 255. The zero-order chi connectivity index (χ0) is 9.41. The van der Waals surface area contributed by atoms with Crippen molar-refractivity contribution in [3.63, 3.8) is 0 Å². The normalized spacial score (nSPS) is 30.1. The molecule has 1 fully saturated rings. The average Bonchev–Trinajstić information content (AvgIpc) is 1.83. The van der Waals surface area contributed by atoms with Crippen LogP contribution in [0.25, 0.3) is 0 Å². The molecule has 1 heterocycles. The van der Waals surface area contributed by atoms with Crippen LogP contribution in [-0.2, 0) is 9.84 Å². The van der Waals surface area contributed by atoms with E-state index in [1.807, 2.05) is 0 Å². The van der Waals surface area contributed by atoms with Crippen LogP contribution in [0.15, 0.2) is 0 Å². The molecule has 1 aliphatic heterocycles. The van der Waals surface area contributed by atoms with Crippen molar-refractivity contribution in [1.29, 1.82) is 0 Å². The molecule has 1 N–H and O–H groups in total. The van der Waals surface area contributed by atoms with Gasteiger partial charge in [-0.25, -0.2) is 12.8 Å². The van der Waals surface area contributed by atoms with E-state index in [0.29, 0.717) is 6.54 Å². The topological polar surface area (TPSA) is 46.2 Å². The maximum atomic E-state index is 13.4. The fraction of sp³-hybridized carbons (Fsp3) is 1.00. The highest BCUT2D eigenvalue weighted by atomic mass is 32.2. The molecule has 0 bridgehead atoms. The van der Waals surface area contributed by atoms with Crippen molar-refractivity contribution < 1.29 is 12.8 Å². The molecule has 5 heteroatoms. The molecule has 0 aromatic rings. The summed E-state index contributed by atoms with van der Waals surface area (Å²) in [5.41, 5.74) is -1.65. The first-order chi connectivity index (χ1) is 5.34. The Kier molecular flexibility index (Phi) is 2.45. The molecule has 0 amide bonds. The van der Waals surface area contributed by atoms with Crippen LogP contribution in [0.5, 0.6) is 0 Å². The van der Waals surface area contributed by atoms with Crippen molar-refractivity contribution in [2.24, 2.45) is 0 Å². The van der Waals surface area contributed by atoms with Gasteiger partial charge in [-0.05, 0) is 13.8 Å². The minimum atomic E-state index is -3.22. The summed E-state index contributed by atoms with van der Waals surface area (Å²) in [6.45, 7) is 3.28. The zero-order valence-corrected chi connectivity index (χ0v) is 8.12. The molecule has 1 rings (SSSR count). The van der Waals surface area contributed by atoms with Crippen molar-refractivity contribution in [3.8, 4) is 0 Å². The Labute approximate surface area is 72.3 Å². The lowest BCUT2D eigenvalue weighted by Crippen LogP contribution is -2.52. The van der Waals surface area contributed by atoms with Crippen LogP contribution in [0.4, 0.5) is 4.39 Å². The van der Waals surface area contributed by atoms with E-state index in [1.54, 1.807) is 0 Å². The van der Waals surface area contributed by atoms with E-state index in [2.05, 4.69) is 5.32 Å². The summed E-state index contributed by atoms with van der Waals surface area (Å²) in [6, 6.07) is 0. The Hall–Kier alpha value is -0.160. The second kappa shape index (κ2) is 2.96. The standard InChI is InChI=1S/C7H14FNO2S/c1-7(2,8)6-5-9-3-4-12(6,10)11/h6,9H,3-5H2,1-2H3. The van der Waals surface area contributed by atoms with E-state index in [4.69, 9.17) is 0 Å². The molecule has 1 atom stereocenters. The SMILES string of the molecule is CC(C)(F)C1CNCCS1(=O)=O. The van der Waals surface area contributed by atoms with Crippen molar-refractivity contribution in [2.75, 3.05) is 18.8 Å². The van der Waals surface area contributed by atoms with Crippen molar-refractivity contribution in [1.82, 2.24) is 5.32 Å². The fourth-order valence-corrected chi connectivity index (χ4v) is 3.33. The van der Waals surface area contributed by atoms with E-state index in [-0.39, 0.29) is 12.3 Å². The summed E-state index contributed by atoms with van der Waals surface area (Å²) in [5, 5.41) is 1.99. The van der Waals surface area contributed by atoms with Gasteiger partial charge >= 0.3 is 0 Å². The van der Waals surface area contributed by atoms with Gasteiger partial charge in [0.2, 0.25) is 0 Å². The molecule has 3 nitrogen and oxygen atoms in total. The van der Waals surface area contributed by atoms with Crippen LogP contribution < -0.4 is 5.32 Å². The van der Waals surface area contributed by atoms with Crippen LogP contribution in [0.2, 0.25) is 0 Å². The first-order valence-electron chi connectivity index (χ1n) is 3.95. The monoisotopic (exact) mass is 195 g/mol. The predicted octanol–water partition coefficient (Wildman–Crippen LogP) is 0.121. The number of hydrogen-bond donors (Lipinski definition) is 1. The number of nitrogens with one attached hydrogen (secondary N) is 1. The van der Waals surface area contributed by atoms with Gasteiger partial charge in [-0.2, -0.15) is 0 Å². The first kappa shape index (κ1) is 9.92. The highest BCUT2D eigenvalue weighted by molar-refractivity contribution is 7.92. The molecular formula is C7H14FNO2S.